The normalized spacial score (nSPS) is 6.50. The molecule has 0 fully saturated rings. The average Bonchev–Trinajstić information content (AvgIpc) is 0.811. The van der Waals surface area contributed by atoms with Gasteiger partial charge < -0.3 is 9.90 Å². The Bertz CT molecular complexity index is 32.6. The van der Waals surface area contributed by atoms with E-state index in [1.807, 2.05) is 0 Å². The van der Waals surface area contributed by atoms with Crippen LogP contribution in [-0.4, -0.2) is 6.45 Å². The van der Waals surface area contributed by atoms with Gasteiger partial charge in [-0.2, -0.15) is 0 Å². The van der Waals surface area contributed by atoms with E-state index in [2.05, 4.69) is 0 Å². The summed E-state index contributed by atoms with van der Waals surface area (Å²) in [5.74, 6) is 0. The van der Waals surface area contributed by atoms with E-state index in [0.717, 1.165) is 0 Å². The average molecular weight is 53.0 g/mol. The van der Waals surface area contributed by atoms with E-state index in [4.69, 9.17) is 11.3 Å². The molecule has 0 aromatic heterocycles. The summed E-state index contributed by atoms with van der Waals surface area (Å²) in [6, 6.07) is 0. The summed E-state index contributed by atoms with van der Waals surface area (Å²) in [5.41, 5.74) is 0. The van der Waals surface area contributed by atoms with Crippen molar-refractivity contribution in [1.82, 2.24) is 0 Å². The van der Waals surface area contributed by atoms with E-state index in [1.54, 1.807) is 0 Å². The molecule has 2 nitrogen and oxygen atoms in total. The van der Waals surface area contributed by atoms with Crippen molar-refractivity contribution in [3.63, 3.8) is 0 Å². The predicted octanol–water partition coefficient (Wildman–Crippen LogP) is -4.63. The number of rotatable bonds is 0. The number of carbonyl (C=O) groups is 1. The van der Waals surface area contributed by atoms with Crippen LogP contribution >= 0.6 is 0 Å². The van der Waals surface area contributed by atoms with Gasteiger partial charge in [-0.3, -0.25) is 0 Å². The monoisotopic (exact) mass is 53.0 g/mol. The molecule has 0 heterocycles. The smallest absolute Gasteiger partial charge is 0.554 e. The summed E-state index contributed by atoms with van der Waals surface area (Å²) in [7, 11) is 0. The van der Waals surface area contributed by atoms with Crippen LogP contribution in [-0.2, 0) is 4.79 Å². The fourth-order valence-corrected chi connectivity index (χ4v) is 0. The molecule has 0 N–H and O–H groups in total. The summed E-state index contributed by atoms with van der Waals surface area (Å²) in [6.45, 7) is 0. The van der Waals surface area contributed by atoms with E-state index < -0.39 is 6.45 Å². The van der Waals surface area contributed by atoms with Crippen LogP contribution in [0.5, 0.6) is 0 Å². The van der Waals surface area contributed by atoms with Gasteiger partial charge in [0.25, 0.3) is 0 Å². The molecule has 0 saturated heterocycles. The maximum atomic E-state index is 8.56. The van der Waals surface area contributed by atoms with Gasteiger partial charge in [-0.25, -0.2) is 0 Å². The SMILES string of the molecule is [2H]C(=O)[O-].[7Li+]. The maximum Gasteiger partial charge on any atom is 1.00 e. The Morgan fingerprint density at radius 1 is 2.25 bits per heavy atom. The molecule has 3 heteroatoms. The predicted molar refractivity (Wildman–Crippen MR) is 6.06 cm³/mol. The summed E-state index contributed by atoms with van der Waals surface area (Å²) >= 11 is 0. The molecule has 0 aliphatic heterocycles. The zero-order valence-electron chi connectivity index (χ0n) is 3.32. The van der Waals surface area contributed by atoms with Crippen LogP contribution < -0.4 is 24.0 Å². The fraction of sp³-hybridized carbons (Fsp3) is 0. The van der Waals surface area contributed by atoms with Crippen molar-refractivity contribution in [2.75, 3.05) is 0 Å². The van der Waals surface area contributed by atoms with Gasteiger partial charge in [0.2, 0.25) is 0 Å². The van der Waals surface area contributed by atoms with Gasteiger partial charge in [-0.15, -0.1) is 0 Å². The summed E-state index contributed by atoms with van der Waals surface area (Å²) in [5, 5.41) is 8.56. The summed E-state index contributed by atoms with van der Waals surface area (Å²) in [6.07, 6.45) is -1.83. The molecule has 0 rings (SSSR count). The molecule has 0 atom stereocenters. The molecule has 0 saturated carbocycles. The third kappa shape index (κ3) is 518. The largest absolute Gasteiger partial charge is 1.00 e. The minimum atomic E-state index is -1.83. The second kappa shape index (κ2) is 11.5. The maximum absolute atomic E-state index is 8.56. The van der Waals surface area contributed by atoms with Crippen molar-refractivity contribution in [2.45, 2.75) is 0 Å². The van der Waals surface area contributed by atoms with Gasteiger partial charge in [0.1, 0.15) is 0 Å². The van der Waals surface area contributed by atoms with Gasteiger partial charge >= 0.3 is 18.9 Å². The zero-order chi connectivity index (χ0) is 3.58. The van der Waals surface area contributed by atoms with E-state index >= 15 is 0 Å². The van der Waals surface area contributed by atoms with Gasteiger partial charge in [0, 0.05) is 6.45 Å². The molecule has 0 aliphatic rings. The fourth-order valence-electron chi connectivity index (χ4n) is 0. The van der Waals surface area contributed by atoms with Gasteiger partial charge in [-0.05, 0) is 0 Å². The molecule has 0 amide bonds. The Morgan fingerprint density at radius 2 is 2.25 bits per heavy atom. The molecule has 0 spiro atoms. The molecular weight excluding hydrogens is 51.0 g/mol. The Kier molecular flexibility index (Phi) is 11.7. The van der Waals surface area contributed by atoms with Crippen molar-refractivity contribution in [1.29, 1.82) is 0 Å². The zero-order valence-corrected chi connectivity index (χ0v) is 2.32. The minimum absolute atomic E-state index is 0. The third-order valence-corrected chi connectivity index (χ3v) is 0. The van der Waals surface area contributed by atoms with Crippen LogP contribution in [0.2, 0.25) is 0 Å². The van der Waals surface area contributed by atoms with Gasteiger partial charge in [0.05, 0.1) is 1.37 Å². The van der Waals surface area contributed by atoms with Crippen molar-refractivity contribution in [3.05, 3.63) is 0 Å². The number of hydrogen-bond acceptors (Lipinski definition) is 2. The first-order valence-corrected chi connectivity index (χ1v) is 0.408. The molecule has 0 unspecified atom stereocenters. The Hall–Kier alpha value is 0.0674. The molecule has 0 bridgehead atoms. The van der Waals surface area contributed by atoms with Crippen LogP contribution in [0.4, 0.5) is 0 Å². The Labute approximate surface area is 37.4 Å². The van der Waals surface area contributed by atoms with E-state index in [1.165, 1.54) is 0 Å². The van der Waals surface area contributed by atoms with E-state index in [0.29, 0.717) is 0 Å². The van der Waals surface area contributed by atoms with Crippen molar-refractivity contribution in [2.24, 2.45) is 0 Å². The number of carbonyl (C=O) groups excluding carboxylic acids is 1. The third-order valence-electron chi connectivity index (χ3n) is 0. The Balaban J connectivity index is 0. The van der Waals surface area contributed by atoms with Crippen LogP contribution in [0.15, 0.2) is 0 Å². The molecule has 18 valence electrons. The van der Waals surface area contributed by atoms with Crippen molar-refractivity contribution in [3.8, 4) is 0 Å². The van der Waals surface area contributed by atoms with Crippen LogP contribution in [0, 0.1) is 0 Å². The van der Waals surface area contributed by atoms with Crippen LogP contribution in [0.1, 0.15) is 1.37 Å². The van der Waals surface area contributed by atoms with Gasteiger partial charge in [0.15, 0.2) is 0 Å². The summed E-state index contributed by atoms with van der Waals surface area (Å²) in [4.78, 5) is 8.56. The summed E-state index contributed by atoms with van der Waals surface area (Å²) < 4.78 is 5.39. The first-order chi connectivity index (χ1) is 1.73. The molecule has 0 aliphatic carbocycles. The van der Waals surface area contributed by atoms with Gasteiger partial charge in [-0.1, -0.05) is 0 Å². The molecular formula is CHLiO2. The van der Waals surface area contributed by atoms with Crippen molar-refractivity contribution >= 4 is 6.45 Å². The number of hydrogen-bond donors (Lipinski definition) is 0. The molecule has 0 aromatic rings. The molecule has 0 aromatic carbocycles. The Morgan fingerprint density at radius 3 is 2.25 bits per heavy atom. The van der Waals surface area contributed by atoms with Crippen molar-refractivity contribution < 1.29 is 30.1 Å². The molecule has 0 radical (unpaired) electrons. The van der Waals surface area contributed by atoms with E-state index in [9.17, 15) is 0 Å². The van der Waals surface area contributed by atoms with E-state index in [-0.39, 0.29) is 18.9 Å². The molecule has 4 heavy (non-hydrogen) atoms. The first-order valence-electron chi connectivity index (χ1n) is 0.908. The minimum Gasteiger partial charge on any atom is -0.554 e. The standard InChI is InChI=1S/CH2O2.Li/c2-1-3;/h1H,(H,2,3);/q;+1/p-1/i1D;1+0. The second-order valence-electron chi connectivity index (χ2n) is 0.0833. The first kappa shape index (κ1) is 4.07. The van der Waals surface area contributed by atoms with Crippen LogP contribution in [0.3, 0.4) is 0 Å². The number of carboxylic acid groups (broad SMARTS) is 1. The second-order valence-corrected chi connectivity index (χ2v) is 0.0833. The van der Waals surface area contributed by atoms with Crippen LogP contribution in [0.25, 0.3) is 0 Å². The topological polar surface area (TPSA) is 40.1 Å². The quantitative estimate of drug-likeness (QED) is 0.206.